The normalized spacial score (nSPS) is 11.7. The fourth-order valence-electron chi connectivity index (χ4n) is 3.08. The molecule has 7 nitrogen and oxygen atoms in total. The van der Waals surface area contributed by atoms with Crippen LogP contribution in [0.4, 0.5) is 5.69 Å². The van der Waals surface area contributed by atoms with Crippen LogP contribution in [0.2, 0.25) is 0 Å². The number of methoxy groups -OCH3 is 1. The van der Waals surface area contributed by atoms with E-state index >= 15 is 0 Å². The highest BCUT2D eigenvalue weighted by molar-refractivity contribution is 7.33. The maximum absolute atomic E-state index is 12.1. The van der Waals surface area contributed by atoms with E-state index in [4.69, 9.17) is 11.3 Å². The minimum Gasteiger partial charge on any atom is -0.395 e. The van der Waals surface area contributed by atoms with Gasteiger partial charge in [0.1, 0.15) is 0 Å². The zero-order valence-electron chi connectivity index (χ0n) is 16.6. The molecule has 2 heterocycles. The quantitative estimate of drug-likeness (QED) is 0.254. The third kappa shape index (κ3) is 4.98. The summed E-state index contributed by atoms with van der Waals surface area (Å²) in [4.78, 5) is 18.3. The third-order valence-electron chi connectivity index (χ3n) is 4.48. The first-order valence-electron chi connectivity index (χ1n) is 9.40. The Balaban J connectivity index is 1.88. The number of ether oxygens (including phenoxy) is 1. The smallest absolute Gasteiger partial charge is 0.251 e. The van der Waals surface area contributed by atoms with Crippen molar-refractivity contribution >= 4 is 59.8 Å². The average Bonchev–Trinajstić information content (AvgIpc) is 3.28. The standard InChI is InChI=1S/C21H23N3O4S2/c1-22-17(21(27)23-5-10-28-2)12-15-13-19-20(29-15)16-4-3-14(11-18(16)30-19)24(6-8-25)7-9-26/h3-4,11-13,25-26H,5-10H2,2H3,(H,23,27)/b17-12-. The fraction of sp³-hybridized carbons (Fsp3) is 0.333. The number of carbonyl (C=O) groups excluding carboxylic acids is 1. The van der Waals surface area contributed by atoms with Crippen LogP contribution in [-0.2, 0) is 9.53 Å². The molecule has 0 atom stereocenters. The molecule has 0 aliphatic heterocycles. The summed E-state index contributed by atoms with van der Waals surface area (Å²) >= 11 is 3.20. The van der Waals surface area contributed by atoms with Crippen LogP contribution in [0.3, 0.4) is 0 Å². The molecule has 9 heteroatoms. The van der Waals surface area contributed by atoms with E-state index in [0.29, 0.717) is 26.2 Å². The highest BCUT2D eigenvalue weighted by Gasteiger charge is 2.14. The van der Waals surface area contributed by atoms with Gasteiger partial charge in [-0.15, -0.1) is 22.7 Å². The molecule has 0 fully saturated rings. The van der Waals surface area contributed by atoms with E-state index in [9.17, 15) is 15.0 Å². The molecule has 158 valence electrons. The van der Waals surface area contributed by atoms with Crippen LogP contribution in [0.15, 0.2) is 30.0 Å². The highest BCUT2D eigenvalue weighted by atomic mass is 32.1. The van der Waals surface area contributed by atoms with Gasteiger partial charge in [0.25, 0.3) is 5.70 Å². The SMILES string of the molecule is [C-]#[N+]/C(=C\c1cc2sc3cc(N(CCO)CCO)ccc3c2s1)C(=O)NCCOC. The number of hydrogen-bond acceptors (Lipinski definition) is 7. The molecule has 0 radical (unpaired) electrons. The Bertz CT molecular complexity index is 1090. The van der Waals surface area contributed by atoms with Gasteiger partial charge in [-0.3, -0.25) is 4.79 Å². The van der Waals surface area contributed by atoms with Crippen molar-refractivity contribution in [2.45, 2.75) is 0 Å². The topological polar surface area (TPSA) is 86.4 Å². The van der Waals surface area contributed by atoms with Crippen molar-refractivity contribution in [1.29, 1.82) is 0 Å². The molecule has 2 aromatic heterocycles. The van der Waals surface area contributed by atoms with E-state index in [1.165, 1.54) is 0 Å². The number of benzene rings is 1. The van der Waals surface area contributed by atoms with Crippen LogP contribution >= 0.6 is 22.7 Å². The molecule has 0 saturated carbocycles. The van der Waals surface area contributed by atoms with Crippen molar-refractivity contribution in [3.63, 3.8) is 0 Å². The lowest BCUT2D eigenvalue weighted by Crippen LogP contribution is -2.29. The second-order valence-electron chi connectivity index (χ2n) is 6.45. The van der Waals surface area contributed by atoms with Gasteiger partial charge in [-0.25, -0.2) is 4.85 Å². The molecule has 0 saturated heterocycles. The number of nitrogens with one attached hydrogen (secondary N) is 1. The molecule has 0 bridgehead atoms. The van der Waals surface area contributed by atoms with Gasteiger partial charge >= 0.3 is 0 Å². The Hall–Kier alpha value is -2.48. The molecule has 3 aromatic rings. The van der Waals surface area contributed by atoms with Crippen molar-refractivity contribution in [3.05, 3.63) is 46.3 Å². The van der Waals surface area contributed by atoms with Gasteiger partial charge in [-0.2, -0.15) is 0 Å². The minimum absolute atomic E-state index is 0.0235. The lowest BCUT2D eigenvalue weighted by atomic mass is 10.2. The van der Waals surface area contributed by atoms with Crippen LogP contribution < -0.4 is 10.2 Å². The Morgan fingerprint density at radius 2 is 2.00 bits per heavy atom. The molecule has 1 amide bonds. The van der Waals surface area contributed by atoms with Crippen molar-refractivity contribution in [2.24, 2.45) is 0 Å². The van der Waals surface area contributed by atoms with Gasteiger partial charge < -0.3 is 25.2 Å². The second kappa shape index (κ2) is 10.5. The van der Waals surface area contributed by atoms with E-state index in [1.807, 2.05) is 23.1 Å². The Morgan fingerprint density at radius 3 is 2.67 bits per heavy atom. The molecule has 3 rings (SSSR count). The van der Waals surface area contributed by atoms with E-state index in [-0.39, 0.29) is 18.9 Å². The molecule has 0 aliphatic rings. The molecule has 0 unspecified atom stereocenters. The summed E-state index contributed by atoms with van der Waals surface area (Å²) < 4.78 is 8.24. The van der Waals surface area contributed by atoms with Crippen LogP contribution in [0, 0.1) is 6.57 Å². The second-order valence-corrected chi connectivity index (χ2v) is 8.62. The summed E-state index contributed by atoms with van der Waals surface area (Å²) in [6.45, 7) is 9.05. The Kier molecular flexibility index (Phi) is 7.79. The highest BCUT2D eigenvalue weighted by Crippen LogP contribution is 2.41. The summed E-state index contributed by atoms with van der Waals surface area (Å²) in [6.07, 6.45) is 1.62. The third-order valence-corrected chi connectivity index (χ3v) is 6.82. The molecule has 30 heavy (non-hydrogen) atoms. The van der Waals surface area contributed by atoms with E-state index in [1.54, 1.807) is 35.9 Å². The van der Waals surface area contributed by atoms with Crippen LogP contribution in [-0.4, -0.2) is 62.7 Å². The monoisotopic (exact) mass is 445 g/mol. The van der Waals surface area contributed by atoms with Crippen molar-refractivity contribution in [1.82, 2.24) is 5.32 Å². The minimum atomic E-state index is -0.402. The molecular formula is C21H23N3O4S2. The van der Waals surface area contributed by atoms with Gasteiger partial charge in [-0.1, -0.05) is 6.07 Å². The van der Waals surface area contributed by atoms with E-state index < -0.39 is 5.91 Å². The summed E-state index contributed by atoms with van der Waals surface area (Å²) in [5.74, 6) is -0.402. The average molecular weight is 446 g/mol. The Labute approximate surface area is 182 Å². The molecule has 0 aliphatic carbocycles. The first-order valence-corrected chi connectivity index (χ1v) is 11.0. The number of fused-ring (bicyclic) bond motifs is 3. The van der Waals surface area contributed by atoms with Gasteiger partial charge in [0.2, 0.25) is 5.91 Å². The predicted molar refractivity (Wildman–Crippen MR) is 123 cm³/mol. The lowest BCUT2D eigenvalue weighted by Gasteiger charge is -2.22. The summed E-state index contributed by atoms with van der Waals surface area (Å²) in [7, 11) is 1.56. The first-order chi connectivity index (χ1) is 14.6. The van der Waals surface area contributed by atoms with E-state index in [2.05, 4.69) is 16.2 Å². The van der Waals surface area contributed by atoms with Crippen molar-refractivity contribution in [2.75, 3.05) is 51.5 Å². The zero-order valence-corrected chi connectivity index (χ0v) is 18.2. The number of anilines is 1. The van der Waals surface area contributed by atoms with Crippen LogP contribution in [0.25, 0.3) is 30.4 Å². The zero-order chi connectivity index (χ0) is 21.5. The molecule has 1 aromatic carbocycles. The van der Waals surface area contributed by atoms with E-state index in [0.717, 1.165) is 30.1 Å². The Morgan fingerprint density at radius 1 is 1.23 bits per heavy atom. The summed E-state index contributed by atoms with van der Waals surface area (Å²) in [6, 6.07) is 8.10. The fourth-order valence-corrected chi connectivity index (χ4v) is 5.58. The molecule has 0 spiro atoms. The van der Waals surface area contributed by atoms with Crippen LogP contribution in [0.5, 0.6) is 0 Å². The number of thiophene rings is 2. The van der Waals surface area contributed by atoms with Crippen molar-refractivity contribution < 1.29 is 19.7 Å². The largest absolute Gasteiger partial charge is 0.395 e. The van der Waals surface area contributed by atoms with Gasteiger partial charge in [0.15, 0.2) is 0 Å². The maximum Gasteiger partial charge on any atom is 0.251 e. The summed E-state index contributed by atoms with van der Waals surface area (Å²) in [5.41, 5.74) is 1.01. The number of aliphatic hydroxyl groups is 2. The van der Waals surface area contributed by atoms with Gasteiger partial charge in [0, 0.05) is 52.1 Å². The molecule has 3 N–H and O–H groups in total. The van der Waals surface area contributed by atoms with Gasteiger partial charge in [-0.05, 0) is 24.3 Å². The number of hydrogen-bond donors (Lipinski definition) is 3. The van der Waals surface area contributed by atoms with Crippen molar-refractivity contribution in [3.8, 4) is 0 Å². The lowest BCUT2D eigenvalue weighted by molar-refractivity contribution is -0.117. The molecular weight excluding hydrogens is 422 g/mol. The number of rotatable bonds is 10. The summed E-state index contributed by atoms with van der Waals surface area (Å²) in [5, 5.41) is 22.3. The maximum atomic E-state index is 12.1. The first kappa shape index (κ1) is 22.2. The predicted octanol–water partition coefficient (Wildman–Crippen LogP) is 2.93. The number of aliphatic hydroxyl groups excluding tert-OH is 2. The number of carbonyl (C=O) groups is 1. The number of nitrogens with zero attached hydrogens (tertiary/aromatic N) is 2. The van der Waals surface area contributed by atoms with Gasteiger partial charge in [0.05, 0.1) is 31.1 Å². The van der Waals surface area contributed by atoms with Crippen LogP contribution in [0.1, 0.15) is 4.88 Å². The number of amides is 1.